The molecule has 0 atom stereocenters. The van der Waals surface area contributed by atoms with Gasteiger partial charge < -0.3 is 0 Å². The average molecular weight is 197 g/mol. The zero-order chi connectivity index (χ0) is 10.8. The van der Waals surface area contributed by atoms with Gasteiger partial charge in [0, 0.05) is 11.4 Å². The van der Waals surface area contributed by atoms with E-state index in [-0.39, 0.29) is 0 Å². The Morgan fingerprint density at radius 2 is 1.67 bits per heavy atom. The van der Waals surface area contributed by atoms with Crippen LogP contribution in [-0.2, 0) is 0 Å². The van der Waals surface area contributed by atoms with E-state index in [4.69, 9.17) is 0 Å². The predicted octanol–water partition coefficient (Wildman–Crippen LogP) is 3.93. The summed E-state index contributed by atoms with van der Waals surface area (Å²) < 4.78 is 0. The molecule has 0 bridgehead atoms. The SMILES string of the molecule is CC1=NC(C)=C(C)c2ccccc2C=C1. The van der Waals surface area contributed by atoms with Crippen molar-refractivity contribution in [1.29, 1.82) is 0 Å². The number of hydrogen-bond acceptors (Lipinski definition) is 1. The van der Waals surface area contributed by atoms with E-state index < -0.39 is 0 Å². The number of aliphatic imine (C=N–C) groups is 1. The van der Waals surface area contributed by atoms with E-state index in [2.05, 4.69) is 55.3 Å². The van der Waals surface area contributed by atoms with Crippen LogP contribution in [0.5, 0.6) is 0 Å². The van der Waals surface area contributed by atoms with E-state index in [0.29, 0.717) is 0 Å². The highest BCUT2D eigenvalue weighted by molar-refractivity contribution is 5.99. The fourth-order valence-electron chi connectivity index (χ4n) is 1.77. The third-order valence-corrected chi connectivity index (χ3v) is 2.76. The zero-order valence-corrected chi connectivity index (χ0v) is 9.41. The molecule has 0 fully saturated rings. The van der Waals surface area contributed by atoms with Crippen molar-refractivity contribution in [1.82, 2.24) is 0 Å². The third-order valence-electron chi connectivity index (χ3n) is 2.76. The summed E-state index contributed by atoms with van der Waals surface area (Å²) >= 11 is 0. The van der Waals surface area contributed by atoms with Crippen LogP contribution in [0, 0.1) is 0 Å². The molecular formula is C14H15N. The molecule has 1 heteroatoms. The van der Waals surface area contributed by atoms with Gasteiger partial charge in [0.25, 0.3) is 0 Å². The maximum atomic E-state index is 4.53. The second-order valence-electron chi connectivity index (χ2n) is 3.88. The largest absolute Gasteiger partial charge is 0.258 e. The molecule has 1 heterocycles. The van der Waals surface area contributed by atoms with E-state index in [1.165, 1.54) is 16.7 Å². The molecule has 0 aliphatic carbocycles. The summed E-state index contributed by atoms with van der Waals surface area (Å²) in [5.41, 5.74) is 5.96. The summed E-state index contributed by atoms with van der Waals surface area (Å²) in [6, 6.07) is 8.43. The Balaban J connectivity index is 2.68. The fourth-order valence-corrected chi connectivity index (χ4v) is 1.77. The number of benzene rings is 1. The first-order valence-electron chi connectivity index (χ1n) is 5.19. The van der Waals surface area contributed by atoms with Gasteiger partial charge in [-0.15, -0.1) is 0 Å². The third kappa shape index (κ3) is 1.91. The van der Waals surface area contributed by atoms with Crippen LogP contribution < -0.4 is 0 Å². The van der Waals surface area contributed by atoms with Crippen LogP contribution in [0.25, 0.3) is 11.6 Å². The first kappa shape index (κ1) is 9.91. The molecule has 1 aromatic rings. The van der Waals surface area contributed by atoms with Gasteiger partial charge in [0.2, 0.25) is 0 Å². The summed E-state index contributed by atoms with van der Waals surface area (Å²) in [5, 5.41) is 0. The molecule has 0 amide bonds. The van der Waals surface area contributed by atoms with E-state index in [9.17, 15) is 0 Å². The Kier molecular flexibility index (Phi) is 2.55. The Bertz CT molecular complexity index is 476. The highest BCUT2D eigenvalue weighted by Crippen LogP contribution is 2.25. The highest BCUT2D eigenvalue weighted by Gasteiger charge is 2.06. The second kappa shape index (κ2) is 3.85. The quantitative estimate of drug-likeness (QED) is 0.597. The average Bonchev–Trinajstić information content (AvgIpc) is 2.24. The normalized spacial score (nSPS) is 15.5. The summed E-state index contributed by atoms with van der Waals surface area (Å²) in [7, 11) is 0. The zero-order valence-electron chi connectivity index (χ0n) is 9.41. The molecule has 1 aromatic carbocycles. The van der Waals surface area contributed by atoms with Crippen molar-refractivity contribution in [2.75, 3.05) is 0 Å². The minimum atomic E-state index is 1.06. The lowest BCUT2D eigenvalue weighted by molar-refractivity contribution is 1.28. The second-order valence-corrected chi connectivity index (χ2v) is 3.88. The van der Waals surface area contributed by atoms with Gasteiger partial charge in [-0.2, -0.15) is 0 Å². The molecule has 0 unspecified atom stereocenters. The summed E-state index contributed by atoms with van der Waals surface area (Å²) in [6.07, 6.45) is 4.19. The number of hydrogen-bond donors (Lipinski definition) is 0. The first-order valence-corrected chi connectivity index (χ1v) is 5.19. The molecule has 0 radical (unpaired) electrons. The minimum absolute atomic E-state index is 1.06. The van der Waals surface area contributed by atoms with Crippen molar-refractivity contribution >= 4 is 17.4 Å². The molecular weight excluding hydrogens is 182 g/mol. The Hall–Kier alpha value is -1.63. The fraction of sp³-hybridized carbons (Fsp3) is 0.214. The van der Waals surface area contributed by atoms with Crippen molar-refractivity contribution < 1.29 is 0 Å². The van der Waals surface area contributed by atoms with E-state index in [0.717, 1.165) is 11.4 Å². The summed E-state index contributed by atoms with van der Waals surface area (Å²) in [4.78, 5) is 4.53. The molecule has 0 spiro atoms. The van der Waals surface area contributed by atoms with E-state index >= 15 is 0 Å². The highest BCUT2D eigenvalue weighted by atomic mass is 14.7. The summed E-state index contributed by atoms with van der Waals surface area (Å²) in [6.45, 7) is 6.22. The molecule has 1 aliphatic rings. The molecule has 0 saturated carbocycles. The van der Waals surface area contributed by atoms with Crippen LogP contribution in [0.4, 0.5) is 0 Å². The van der Waals surface area contributed by atoms with Crippen molar-refractivity contribution in [3.63, 3.8) is 0 Å². The molecule has 0 aromatic heterocycles. The Labute approximate surface area is 90.9 Å². The molecule has 0 saturated heterocycles. The number of nitrogens with zero attached hydrogens (tertiary/aromatic N) is 1. The van der Waals surface area contributed by atoms with Crippen LogP contribution in [0.15, 0.2) is 41.0 Å². The number of allylic oxidation sites excluding steroid dienone is 3. The maximum Gasteiger partial charge on any atom is 0.0411 e. The van der Waals surface area contributed by atoms with Crippen LogP contribution in [0.3, 0.4) is 0 Å². The van der Waals surface area contributed by atoms with Crippen LogP contribution in [0.1, 0.15) is 31.9 Å². The maximum absolute atomic E-state index is 4.53. The van der Waals surface area contributed by atoms with Crippen molar-refractivity contribution in [3.8, 4) is 0 Å². The number of rotatable bonds is 0. The molecule has 76 valence electrons. The smallest absolute Gasteiger partial charge is 0.0411 e. The predicted molar refractivity (Wildman–Crippen MR) is 66.9 cm³/mol. The lowest BCUT2D eigenvalue weighted by atomic mass is 9.98. The van der Waals surface area contributed by atoms with Gasteiger partial charge in [-0.3, -0.25) is 4.99 Å². The lowest BCUT2D eigenvalue weighted by Crippen LogP contribution is -1.94. The number of fused-ring (bicyclic) bond motifs is 1. The molecule has 0 N–H and O–H groups in total. The molecule has 2 rings (SSSR count). The standard InChI is InChI=1S/C14H15N/c1-10-8-9-13-6-4-5-7-14(13)11(2)12(3)15-10/h4-9H,1-3H3. The molecule has 15 heavy (non-hydrogen) atoms. The van der Waals surface area contributed by atoms with Crippen LogP contribution in [-0.4, -0.2) is 5.71 Å². The Morgan fingerprint density at radius 3 is 2.47 bits per heavy atom. The van der Waals surface area contributed by atoms with Crippen LogP contribution >= 0.6 is 0 Å². The van der Waals surface area contributed by atoms with Gasteiger partial charge >= 0.3 is 0 Å². The van der Waals surface area contributed by atoms with E-state index in [1.807, 2.05) is 6.92 Å². The first-order chi connectivity index (χ1) is 7.18. The van der Waals surface area contributed by atoms with Crippen molar-refractivity contribution in [2.24, 2.45) is 4.99 Å². The van der Waals surface area contributed by atoms with Gasteiger partial charge in [0.05, 0.1) is 0 Å². The minimum Gasteiger partial charge on any atom is -0.258 e. The van der Waals surface area contributed by atoms with Gasteiger partial charge in [-0.25, -0.2) is 0 Å². The molecule has 1 nitrogen and oxygen atoms in total. The summed E-state index contributed by atoms with van der Waals surface area (Å²) in [5.74, 6) is 0. The monoisotopic (exact) mass is 197 g/mol. The van der Waals surface area contributed by atoms with Gasteiger partial charge in [0.15, 0.2) is 0 Å². The lowest BCUT2D eigenvalue weighted by Gasteiger charge is -2.11. The van der Waals surface area contributed by atoms with Crippen molar-refractivity contribution in [3.05, 3.63) is 47.2 Å². The van der Waals surface area contributed by atoms with Crippen molar-refractivity contribution in [2.45, 2.75) is 20.8 Å². The topological polar surface area (TPSA) is 12.4 Å². The Morgan fingerprint density at radius 1 is 0.933 bits per heavy atom. The van der Waals surface area contributed by atoms with Crippen LogP contribution in [0.2, 0.25) is 0 Å². The van der Waals surface area contributed by atoms with E-state index in [1.54, 1.807) is 0 Å². The molecule has 1 aliphatic heterocycles. The van der Waals surface area contributed by atoms with Gasteiger partial charge in [-0.05, 0) is 43.5 Å². The van der Waals surface area contributed by atoms with Gasteiger partial charge in [0.1, 0.15) is 0 Å². The van der Waals surface area contributed by atoms with Gasteiger partial charge in [-0.1, -0.05) is 30.3 Å².